The topological polar surface area (TPSA) is 96.7 Å². The Hall–Kier alpha value is -3.03. The molecular formula is C15H14FN5O2. The number of aromatic nitrogens is 3. The molecule has 118 valence electrons. The second-order valence-electron chi connectivity index (χ2n) is 5.14. The lowest BCUT2D eigenvalue weighted by atomic mass is 10.2. The molecule has 23 heavy (non-hydrogen) atoms. The summed E-state index contributed by atoms with van der Waals surface area (Å²) in [5.41, 5.74) is 2.04. The number of benzene rings is 1. The van der Waals surface area contributed by atoms with Crippen molar-refractivity contribution < 1.29 is 9.31 Å². The van der Waals surface area contributed by atoms with E-state index in [1.165, 1.54) is 24.4 Å². The first-order valence-electron chi connectivity index (χ1n) is 7.02. The lowest BCUT2D eigenvalue weighted by Gasteiger charge is -2.07. The fourth-order valence-corrected chi connectivity index (χ4v) is 2.30. The van der Waals surface area contributed by atoms with Crippen LogP contribution in [0.25, 0.3) is 11.0 Å². The number of aromatic amines is 1. The van der Waals surface area contributed by atoms with Crippen molar-refractivity contribution in [1.29, 1.82) is 0 Å². The lowest BCUT2D eigenvalue weighted by molar-refractivity contribution is -0.385. The highest BCUT2D eigenvalue weighted by atomic mass is 19.1. The molecule has 0 aliphatic carbocycles. The molecule has 0 atom stereocenters. The molecule has 3 aromatic rings. The molecule has 0 fully saturated rings. The van der Waals surface area contributed by atoms with E-state index in [2.05, 4.69) is 20.3 Å². The van der Waals surface area contributed by atoms with Gasteiger partial charge in [-0.1, -0.05) is 0 Å². The van der Waals surface area contributed by atoms with Crippen LogP contribution in [0, 0.1) is 22.9 Å². The minimum absolute atomic E-state index is 0.0349. The minimum Gasteiger partial charge on any atom is -0.369 e. The summed E-state index contributed by atoms with van der Waals surface area (Å²) in [5, 5.41) is 13.8. The van der Waals surface area contributed by atoms with Gasteiger partial charge in [0.1, 0.15) is 23.7 Å². The third kappa shape index (κ3) is 3.25. The summed E-state index contributed by atoms with van der Waals surface area (Å²) >= 11 is 0. The zero-order chi connectivity index (χ0) is 16.4. The zero-order valence-electron chi connectivity index (χ0n) is 12.3. The van der Waals surface area contributed by atoms with E-state index >= 15 is 0 Å². The maximum atomic E-state index is 13.1. The second kappa shape index (κ2) is 5.99. The highest BCUT2D eigenvalue weighted by Gasteiger charge is 2.09. The van der Waals surface area contributed by atoms with Crippen molar-refractivity contribution in [3.05, 3.63) is 57.8 Å². The third-order valence-corrected chi connectivity index (χ3v) is 3.42. The SMILES string of the molecule is Cc1cc([N+](=O)[O-])cnc1NCCc1nc2ccc(F)cc2[nH]1. The van der Waals surface area contributed by atoms with E-state index in [1.54, 1.807) is 13.0 Å². The number of hydrogen-bond acceptors (Lipinski definition) is 5. The maximum absolute atomic E-state index is 13.1. The first-order chi connectivity index (χ1) is 11.0. The van der Waals surface area contributed by atoms with Crippen molar-refractivity contribution in [3.8, 4) is 0 Å². The molecule has 0 aliphatic heterocycles. The fraction of sp³-hybridized carbons (Fsp3) is 0.200. The van der Waals surface area contributed by atoms with Gasteiger partial charge in [0.25, 0.3) is 5.69 Å². The molecular weight excluding hydrogens is 301 g/mol. The molecule has 0 saturated heterocycles. The van der Waals surface area contributed by atoms with E-state index in [1.807, 2.05) is 0 Å². The van der Waals surface area contributed by atoms with Gasteiger partial charge in [0.15, 0.2) is 0 Å². The van der Waals surface area contributed by atoms with Gasteiger partial charge in [-0.25, -0.2) is 14.4 Å². The van der Waals surface area contributed by atoms with Crippen molar-refractivity contribution in [3.63, 3.8) is 0 Å². The Morgan fingerprint density at radius 3 is 2.96 bits per heavy atom. The highest BCUT2D eigenvalue weighted by molar-refractivity contribution is 5.74. The molecule has 2 aromatic heterocycles. The zero-order valence-corrected chi connectivity index (χ0v) is 12.3. The predicted molar refractivity (Wildman–Crippen MR) is 83.9 cm³/mol. The largest absolute Gasteiger partial charge is 0.369 e. The van der Waals surface area contributed by atoms with Gasteiger partial charge in [-0.3, -0.25) is 10.1 Å². The first-order valence-corrected chi connectivity index (χ1v) is 7.02. The molecule has 2 N–H and O–H groups in total. The van der Waals surface area contributed by atoms with Gasteiger partial charge < -0.3 is 10.3 Å². The minimum atomic E-state index is -0.475. The maximum Gasteiger partial charge on any atom is 0.287 e. The molecule has 0 amide bonds. The van der Waals surface area contributed by atoms with Crippen LogP contribution in [0.3, 0.4) is 0 Å². The van der Waals surface area contributed by atoms with E-state index in [-0.39, 0.29) is 11.5 Å². The Bertz CT molecular complexity index is 877. The Balaban J connectivity index is 1.65. The average Bonchev–Trinajstić information content (AvgIpc) is 2.90. The Morgan fingerprint density at radius 1 is 1.39 bits per heavy atom. The molecule has 2 heterocycles. The quantitative estimate of drug-likeness (QED) is 0.557. The standard InChI is InChI=1S/C15H14FN5O2/c1-9-6-11(21(22)23)8-18-15(9)17-5-4-14-19-12-3-2-10(16)7-13(12)20-14/h2-3,6-8H,4-5H2,1H3,(H,17,18)(H,19,20). The number of H-pyrrole nitrogens is 1. The highest BCUT2D eigenvalue weighted by Crippen LogP contribution is 2.18. The summed E-state index contributed by atoms with van der Waals surface area (Å²) in [6, 6.07) is 5.87. The third-order valence-electron chi connectivity index (χ3n) is 3.42. The number of hydrogen-bond donors (Lipinski definition) is 2. The summed E-state index contributed by atoms with van der Waals surface area (Å²) in [4.78, 5) is 21.7. The van der Waals surface area contributed by atoms with Crippen molar-refractivity contribution in [2.45, 2.75) is 13.3 Å². The predicted octanol–water partition coefficient (Wildman–Crippen LogP) is 2.97. The molecule has 8 heteroatoms. The normalized spacial score (nSPS) is 10.9. The summed E-state index contributed by atoms with van der Waals surface area (Å²) in [5.74, 6) is 1.02. The number of pyridine rings is 1. The van der Waals surface area contributed by atoms with E-state index in [9.17, 15) is 14.5 Å². The van der Waals surface area contributed by atoms with Crippen molar-refractivity contribution in [2.75, 3.05) is 11.9 Å². The number of rotatable bonds is 5. The van der Waals surface area contributed by atoms with Crippen molar-refractivity contribution >= 4 is 22.5 Å². The molecule has 0 unspecified atom stereocenters. The van der Waals surface area contributed by atoms with Crippen LogP contribution < -0.4 is 5.32 Å². The van der Waals surface area contributed by atoms with Crippen LogP contribution in [0.4, 0.5) is 15.9 Å². The molecule has 7 nitrogen and oxygen atoms in total. The molecule has 1 aromatic carbocycles. The first kappa shape index (κ1) is 14.9. The number of nitrogens with zero attached hydrogens (tertiary/aromatic N) is 3. The van der Waals surface area contributed by atoms with Crippen molar-refractivity contribution in [1.82, 2.24) is 15.0 Å². The van der Waals surface area contributed by atoms with Crippen LogP contribution in [0.1, 0.15) is 11.4 Å². The van der Waals surface area contributed by atoms with Crippen LogP contribution >= 0.6 is 0 Å². The molecule has 3 rings (SSSR count). The molecule has 0 saturated carbocycles. The summed E-state index contributed by atoms with van der Waals surface area (Å²) < 4.78 is 13.1. The van der Waals surface area contributed by atoms with Gasteiger partial charge in [0.05, 0.1) is 16.0 Å². The van der Waals surface area contributed by atoms with Crippen LogP contribution in [0.5, 0.6) is 0 Å². The Morgan fingerprint density at radius 2 is 2.22 bits per heavy atom. The van der Waals surface area contributed by atoms with E-state index < -0.39 is 4.92 Å². The Kier molecular flexibility index (Phi) is 3.88. The number of nitrogens with one attached hydrogen (secondary N) is 2. The van der Waals surface area contributed by atoms with Gasteiger partial charge in [0.2, 0.25) is 0 Å². The number of imidazole rings is 1. The second-order valence-corrected chi connectivity index (χ2v) is 5.14. The van der Waals surface area contributed by atoms with Crippen LogP contribution in [-0.2, 0) is 6.42 Å². The van der Waals surface area contributed by atoms with Gasteiger partial charge >= 0.3 is 0 Å². The molecule has 0 bridgehead atoms. The van der Waals surface area contributed by atoms with Crippen LogP contribution in [0.15, 0.2) is 30.5 Å². The number of fused-ring (bicyclic) bond motifs is 1. The smallest absolute Gasteiger partial charge is 0.287 e. The van der Waals surface area contributed by atoms with Gasteiger partial charge in [0, 0.05) is 19.0 Å². The Labute approximate surface area is 130 Å². The molecule has 0 spiro atoms. The summed E-state index contributed by atoms with van der Waals surface area (Å²) in [6.07, 6.45) is 1.81. The fourth-order valence-electron chi connectivity index (χ4n) is 2.30. The summed E-state index contributed by atoms with van der Waals surface area (Å²) in [7, 11) is 0. The van der Waals surface area contributed by atoms with E-state index in [0.29, 0.717) is 35.4 Å². The summed E-state index contributed by atoms with van der Waals surface area (Å²) in [6.45, 7) is 2.31. The van der Waals surface area contributed by atoms with Crippen LogP contribution in [-0.4, -0.2) is 26.4 Å². The molecule has 0 aliphatic rings. The molecule has 0 radical (unpaired) electrons. The van der Waals surface area contributed by atoms with E-state index in [4.69, 9.17) is 0 Å². The van der Waals surface area contributed by atoms with Gasteiger partial charge in [-0.05, 0) is 30.7 Å². The van der Waals surface area contributed by atoms with Crippen molar-refractivity contribution in [2.24, 2.45) is 0 Å². The van der Waals surface area contributed by atoms with E-state index in [0.717, 1.165) is 5.82 Å². The van der Waals surface area contributed by atoms with Gasteiger partial charge in [-0.15, -0.1) is 0 Å². The van der Waals surface area contributed by atoms with Gasteiger partial charge in [-0.2, -0.15) is 0 Å². The average molecular weight is 315 g/mol. The van der Waals surface area contributed by atoms with Crippen LogP contribution in [0.2, 0.25) is 0 Å². The number of anilines is 1. The lowest BCUT2D eigenvalue weighted by Crippen LogP contribution is -2.08. The number of halogens is 1. The monoisotopic (exact) mass is 315 g/mol. The number of aryl methyl sites for hydroxylation is 1. The number of nitro groups is 1.